The summed E-state index contributed by atoms with van der Waals surface area (Å²) < 4.78 is 0. The van der Waals surface area contributed by atoms with Gasteiger partial charge in [0.25, 0.3) is 0 Å². The van der Waals surface area contributed by atoms with Gasteiger partial charge in [0, 0.05) is 0 Å². The van der Waals surface area contributed by atoms with Crippen LogP contribution >= 0.6 is 0 Å². The van der Waals surface area contributed by atoms with E-state index in [1.165, 1.54) is 24.0 Å². The molecule has 15 heavy (non-hydrogen) atoms. The summed E-state index contributed by atoms with van der Waals surface area (Å²) in [5.74, 6) is 0.742. The zero-order valence-electron chi connectivity index (χ0n) is 10.1. The van der Waals surface area contributed by atoms with Gasteiger partial charge in [-0.1, -0.05) is 37.3 Å². The Kier molecular flexibility index (Phi) is 5.41. The van der Waals surface area contributed by atoms with Crippen LogP contribution in [0.4, 0.5) is 0 Å². The van der Waals surface area contributed by atoms with Crippen LogP contribution in [-0.2, 0) is 0 Å². The number of allylic oxidation sites excluding steroid dienone is 5. The van der Waals surface area contributed by atoms with Crippen molar-refractivity contribution in [3.8, 4) is 0 Å². The Labute approximate surface area is 94.0 Å². The van der Waals surface area contributed by atoms with Crippen LogP contribution in [0.5, 0.6) is 0 Å². The van der Waals surface area contributed by atoms with Crippen LogP contribution in [0, 0.1) is 5.92 Å². The summed E-state index contributed by atoms with van der Waals surface area (Å²) in [5.41, 5.74) is 2.74. The first kappa shape index (κ1) is 12.3. The summed E-state index contributed by atoms with van der Waals surface area (Å²) in [4.78, 5) is 0. The zero-order valence-corrected chi connectivity index (χ0v) is 10.1. The second-order valence-electron chi connectivity index (χ2n) is 4.26. The molecule has 0 aromatic rings. The summed E-state index contributed by atoms with van der Waals surface area (Å²) in [6, 6.07) is 0. The SMILES string of the molecule is C=C(CC)/C1=C/CC(CNC)CC=CC1. The molecule has 0 bridgehead atoms. The van der Waals surface area contributed by atoms with Crippen LogP contribution in [0.1, 0.15) is 32.6 Å². The van der Waals surface area contributed by atoms with Crippen molar-refractivity contribution in [1.29, 1.82) is 0 Å². The van der Waals surface area contributed by atoms with Gasteiger partial charge in [0.1, 0.15) is 0 Å². The smallest absolute Gasteiger partial charge is 0.00176 e. The minimum Gasteiger partial charge on any atom is -0.319 e. The normalized spacial score (nSPS) is 25.2. The molecule has 0 aliphatic heterocycles. The Morgan fingerprint density at radius 1 is 1.47 bits per heavy atom. The van der Waals surface area contributed by atoms with Gasteiger partial charge in [-0.3, -0.25) is 0 Å². The summed E-state index contributed by atoms with van der Waals surface area (Å²) in [6.07, 6.45) is 11.5. The minimum atomic E-state index is 0.742. The van der Waals surface area contributed by atoms with E-state index in [-0.39, 0.29) is 0 Å². The molecule has 0 aromatic heterocycles. The fourth-order valence-corrected chi connectivity index (χ4v) is 1.96. The topological polar surface area (TPSA) is 12.0 Å². The van der Waals surface area contributed by atoms with Crippen molar-refractivity contribution in [1.82, 2.24) is 5.32 Å². The number of nitrogens with one attached hydrogen (secondary N) is 1. The molecule has 0 aromatic carbocycles. The Bertz CT molecular complexity index is 261. The minimum absolute atomic E-state index is 0.742. The van der Waals surface area contributed by atoms with Crippen LogP contribution in [0.15, 0.2) is 36.0 Å². The van der Waals surface area contributed by atoms with Gasteiger partial charge in [0.05, 0.1) is 0 Å². The van der Waals surface area contributed by atoms with E-state index >= 15 is 0 Å². The van der Waals surface area contributed by atoms with E-state index in [2.05, 4.69) is 37.0 Å². The highest BCUT2D eigenvalue weighted by atomic mass is 14.8. The van der Waals surface area contributed by atoms with Crippen molar-refractivity contribution in [2.75, 3.05) is 13.6 Å². The molecule has 1 unspecified atom stereocenters. The van der Waals surface area contributed by atoms with Crippen molar-refractivity contribution in [3.05, 3.63) is 36.0 Å². The van der Waals surface area contributed by atoms with E-state index in [0.717, 1.165) is 25.3 Å². The number of hydrogen-bond donors (Lipinski definition) is 1. The van der Waals surface area contributed by atoms with Crippen LogP contribution in [0.25, 0.3) is 0 Å². The van der Waals surface area contributed by atoms with Gasteiger partial charge in [0.15, 0.2) is 0 Å². The van der Waals surface area contributed by atoms with E-state index in [1.807, 2.05) is 7.05 Å². The first-order valence-corrected chi connectivity index (χ1v) is 5.94. The molecular formula is C14H23N. The molecule has 1 nitrogen and oxygen atoms in total. The fraction of sp³-hybridized carbons (Fsp3) is 0.571. The molecule has 0 radical (unpaired) electrons. The highest BCUT2D eigenvalue weighted by molar-refractivity contribution is 5.30. The highest BCUT2D eigenvalue weighted by Crippen LogP contribution is 2.22. The van der Waals surface area contributed by atoms with Crippen LogP contribution in [0.3, 0.4) is 0 Å². The van der Waals surface area contributed by atoms with Crippen molar-refractivity contribution >= 4 is 0 Å². The lowest BCUT2D eigenvalue weighted by Gasteiger charge is -2.16. The molecule has 1 rings (SSSR count). The van der Waals surface area contributed by atoms with Crippen LogP contribution in [0.2, 0.25) is 0 Å². The maximum atomic E-state index is 4.12. The third-order valence-electron chi connectivity index (χ3n) is 3.05. The molecular weight excluding hydrogens is 182 g/mol. The molecule has 0 fully saturated rings. The van der Waals surface area contributed by atoms with E-state index in [9.17, 15) is 0 Å². The summed E-state index contributed by atoms with van der Waals surface area (Å²) in [6.45, 7) is 7.40. The maximum absolute atomic E-state index is 4.12. The van der Waals surface area contributed by atoms with Crippen LogP contribution < -0.4 is 5.32 Å². The van der Waals surface area contributed by atoms with Gasteiger partial charge in [-0.25, -0.2) is 0 Å². The third-order valence-corrected chi connectivity index (χ3v) is 3.05. The Hall–Kier alpha value is -0.820. The van der Waals surface area contributed by atoms with E-state index < -0.39 is 0 Å². The van der Waals surface area contributed by atoms with Gasteiger partial charge in [-0.05, 0) is 50.8 Å². The molecule has 1 atom stereocenters. The predicted molar refractivity (Wildman–Crippen MR) is 67.9 cm³/mol. The Balaban J connectivity index is 2.62. The molecule has 0 spiro atoms. The Morgan fingerprint density at radius 3 is 2.93 bits per heavy atom. The predicted octanol–water partition coefficient (Wildman–Crippen LogP) is 3.45. The monoisotopic (exact) mass is 205 g/mol. The molecule has 1 aliphatic carbocycles. The standard InChI is InChI=1S/C14H23N/c1-4-12(2)14-8-6-5-7-13(9-10-14)11-15-3/h5-6,10,13,15H,2,4,7-9,11H2,1,3H3/b6-5?,14-10+. The molecule has 0 heterocycles. The second-order valence-corrected chi connectivity index (χ2v) is 4.26. The van der Waals surface area contributed by atoms with Crippen molar-refractivity contribution < 1.29 is 0 Å². The molecule has 1 heteroatoms. The lowest BCUT2D eigenvalue weighted by molar-refractivity contribution is 0.507. The average molecular weight is 205 g/mol. The highest BCUT2D eigenvalue weighted by Gasteiger charge is 2.08. The van der Waals surface area contributed by atoms with Gasteiger partial charge in [0.2, 0.25) is 0 Å². The van der Waals surface area contributed by atoms with E-state index in [0.29, 0.717) is 0 Å². The lowest BCUT2D eigenvalue weighted by atomic mass is 9.92. The number of hydrogen-bond acceptors (Lipinski definition) is 1. The second kappa shape index (κ2) is 6.62. The van der Waals surface area contributed by atoms with Gasteiger partial charge in [-0.15, -0.1) is 0 Å². The van der Waals surface area contributed by atoms with E-state index in [1.54, 1.807) is 0 Å². The first-order chi connectivity index (χ1) is 7.27. The largest absolute Gasteiger partial charge is 0.319 e. The number of rotatable bonds is 4. The Morgan fingerprint density at radius 2 is 2.27 bits per heavy atom. The summed E-state index contributed by atoms with van der Waals surface area (Å²) >= 11 is 0. The molecule has 0 amide bonds. The van der Waals surface area contributed by atoms with Crippen LogP contribution in [-0.4, -0.2) is 13.6 Å². The van der Waals surface area contributed by atoms with Gasteiger partial charge in [-0.2, -0.15) is 0 Å². The van der Waals surface area contributed by atoms with Gasteiger partial charge < -0.3 is 5.32 Å². The quantitative estimate of drug-likeness (QED) is 0.693. The zero-order chi connectivity index (χ0) is 11.1. The molecule has 1 N–H and O–H groups in total. The summed E-state index contributed by atoms with van der Waals surface area (Å²) in [7, 11) is 2.03. The lowest BCUT2D eigenvalue weighted by Crippen LogP contribution is -2.18. The van der Waals surface area contributed by atoms with Crippen molar-refractivity contribution in [2.24, 2.45) is 5.92 Å². The maximum Gasteiger partial charge on any atom is -0.00176 e. The third kappa shape index (κ3) is 4.05. The average Bonchev–Trinajstić information content (AvgIpc) is 2.22. The van der Waals surface area contributed by atoms with Crippen molar-refractivity contribution in [3.63, 3.8) is 0 Å². The summed E-state index contributed by atoms with van der Waals surface area (Å²) in [5, 5.41) is 3.26. The first-order valence-electron chi connectivity index (χ1n) is 5.94. The van der Waals surface area contributed by atoms with Crippen molar-refractivity contribution in [2.45, 2.75) is 32.6 Å². The molecule has 1 aliphatic rings. The fourth-order valence-electron chi connectivity index (χ4n) is 1.96. The molecule has 0 saturated carbocycles. The molecule has 0 saturated heterocycles. The van der Waals surface area contributed by atoms with E-state index in [4.69, 9.17) is 0 Å². The van der Waals surface area contributed by atoms with Gasteiger partial charge >= 0.3 is 0 Å². The molecule has 84 valence electrons.